The number of piperidine rings is 1. The van der Waals surface area contributed by atoms with Crippen LogP contribution in [0.15, 0.2) is 30.3 Å². The van der Waals surface area contributed by atoms with Crippen LogP contribution in [0.4, 0.5) is 0 Å². The van der Waals surface area contributed by atoms with Gasteiger partial charge in [0, 0.05) is 31.7 Å². The van der Waals surface area contributed by atoms with Crippen molar-refractivity contribution in [1.29, 1.82) is 0 Å². The van der Waals surface area contributed by atoms with Gasteiger partial charge in [0.25, 0.3) is 0 Å². The van der Waals surface area contributed by atoms with E-state index in [0.29, 0.717) is 5.41 Å². The molecule has 2 saturated heterocycles. The van der Waals surface area contributed by atoms with E-state index in [9.17, 15) is 0 Å². The van der Waals surface area contributed by atoms with Gasteiger partial charge in [-0.05, 0) is 62.6 Å². The predicted octanol–water partition coefficient (Wildman–Crippen LogP) is 3.91. The van der Waals surface area contributed by atoms with Crippen molar-refractivity contribution in [3.8, 4) is 5.75 Å². The first-order valence-corrected chi connectivity index (χ1v) is 10.0. The van der Waals surface area contributed by atoms with Gasteiger partial charge in [-0.15, -0.1) is 0 Å². The molecular formula is C22H32N2O. The van der Waals surface area contributed by atoms with Gasteiger partial charge in [0.1, 0.15) is 5.75 Å². The zero-order valence-corrected chi connectivity index (χ0v) is 15.6. The minimum absolute atomic E-state index is 0.575. The molecule has 1 aromatic carbocycles. The molecule has 1 aromatic rings. The molecule has 3 fully saturated rings. The molecule has 3 nitrogen and oxygen atoms in total. The molecule has 0 aromatic heterocycles. The molecule has 1 atom stereocenters. The van der Waals surface area contributed by atoms with Crippen LogP contribution in [0.5, 0.6) is 5.75 Å². The van der Waals surface area contributed by atoms with E-state index in [4.69, 9.17) is 4.74 Å². The summed E-state index contributed by atoms with van der Waals surface area (Å²) in [5.74, 6) is 1.98. The summed E-state index contributed by atoms with van der Waals surface area (Å²) in [4.78, 5) is 5.42. The second-order valence-electron chi connectivity index (χ2n) is 8.41. The van der Waals surface area contributed by atoms with E-state index in [1.54, 1.807) is 7.11 Å². The van der Waals surface area contributed by atoms with Crippen LogP contribution in [0.1, 0.15) is 37.7 Å². The summed E-state index contributed by atoms with van der Waals surface area (Å²) in [6, 6.07) is 8.25. The third kappa shape index (κ3) is 4.27. The lowest BCUT2D eigenvalue weighted by atomic mass is 9.79. The van der Waals surface area contributed by atoms with Crippen LogP contribution in [0, 0.1) is 11.3 Å². The molecule has 0 amide bonds. The molecule has 0 radical (unpaired) electrons. The fourth-order valence-corrected chi connectivity index (χ4v) is 4.78. The van der Waals surface area contributed by atoms with Crippen molar-refractivity contribution in [3.05, 3.63) is 35.9 Å². The summed E-state index contributed by atoms with van der Waals surface area (Å²) in [6.45, 7) is 7.65. The third-order valence-electron chi connectivity index (χ3n) is 6.27. The Morgan fingerprint density at radius 1 is 1.12 bits per heavy atom. The second kappa shape index (κ2) is 7.51. The van der Waals surface area contributed by atoms with Crippen molar-refractivity contribution < 1.29 is 4.74 Å². The smallest absolute Gasteiger partial charge is 0.126 e. The lowest BCUT2D eigenvalue weighted by molar-refractivity contribution is 0.0905. The van der Waals surface area contributed by atoms with Gasteiger partial charge in [-0.25, -0.2) is 0 Å². The van der Waals surface area contributed by atoms with Crippen molar-refractivity contribution in [2.24, 2.45) is 11.3 Å². The van der Waals surface area contributed by atoms with Crippen LogP contribution in [0.3, 0.4) is 0 Å². The topological polar surface area (TPSA) is 15.7 Å². The third-order valence-corrected chi connectivity index (χ3v) is 6.27. The fraction of sp³-hybridized carbons (Fsp3) is 0.636. The summed E-state index contributed by atoms with van der Waals surface area (Å²) < 4.78 is 5.44. The second-order valence-corrected chi connectivity index (χ2v) is 8.41. The van der Waals surface area contributed by atoms with Gasteiger partial charge in [0.2, 0.25) is 0 Å². The molecule has 136 valence electrons. The summed E-state index contributed by atoms with van der Waals surface area (Å²) in [6.07, 6.45) is 11.7. The highest BCUT2D eigenvalue weighted by Crippen LogP contribution is 2.40. The van der Waals surface area contributed by atoms with Gasteiger partial charge in [-0.1, -0.05) is 30.4 Å². The molecule has 0 N–H and O–H groups in total. The van der Waals surface area contributed by atoms with Gasteiger partial charge >= 0.3 is 0 Å². The van der Waals surface area contributed by atoms with Crippen LogP contribution in [-0.2, 0) is 0 Å². The van der Waals surface area contributed by atoms with Crippen LogP contribution < -0.4 is 4.74 Å². The Morgan fingerprint density at radius 2 is 1.96 bits per heavy atom. The first kappa shape index (κ1) is 17.1. The molecule has 0 bridgehead atoms. The van der Waals surface area contributed by atoms with Crippen molar-refractivity contribution >= 4 is 6.08 Å². The van der Waals surface area contributed by atoms with E-state index >= 15 is 0 Å². The van der Waals surface area contributed by atoms with Gasteiger partial charge in [0.05, 0.1) is 7.11 Å². The van der Waals surface area contributed by atoms with E-state index in [2.05, 4.69) is 34.1 Å². The highest BCUT2D eigenvalue weighted by molar-refractivity contribution is 5.57. The van der Waals surface area contributed by atoms with Gasteiger partial charge in [-0.3, -0.25) is 4.90 Å². The molecule has 2 heterocycles. The van der Waals surface area contributed by atoms with E-state index in [-0.39, 0.29) is 0 Å². The van der Waals surface area contributed by atoms with Crippen molar-refractivity contribution in [2.45, 2.75) is 32.1 Å². The van der Waals surface area contributed by atoms with E-state index in [0.717, 1.165) is 18.2 Å². The molecule has 1 spiro atoms. The number of rotatable bonds is 6. The Kier molecular flexibility index (Phi) is 5.14. The van der Waals surface area contributed by atoms with Crippen molar-refractivity contribution in [1.82, 2.24) is 9.80 Å². The molecule has 1 aliphatic carbocycles. The standard InChI is InChI=1S/C22H32N2O/c1-25-21-8-3-2-6-20(21)7-4-13-23-15-12-22(17-23)11-5-14-24(18-22)16-19-9-10-19/h2-4,6-8,19H,5,9-18H2,1H3/b7-4+. The van der Waals surface area contributed by atoms with Gasteiger partial charge in [-0.2, -0.15) is 0 Å². The van der Waals surface area contributed by atoms with E-state index in [1.165, 1.54) is 70.4 Å². The summed E-state index contributed by atoms with van der Waals surface area (Å²) in [5.41, 5.74) is 1.75. The molecule has 4 rings (SSSR count). The average Bonchev–Trinajstić information content (AvgIpc) is 3.36. The fourth-order valence-electron chi connectivity index (χ4n) is 4.78. The molecule has 25 heavy (non-hydrogen) atoms. The number of para-hydroxylation sites is 1. The highest BCUT2D eigenvalue weighted by Gasteiger charge is 2.41. The number of methoxy groups -OCH3 is 1. The van der Waals surface area contributed by atoms with E-state index in [1.807, 2.05) is 12.1 Å². The summed E-state index contributed by atoms with van der Waals surface area (Å²) >= 11 is 0. The SMILES string of the molecule is COc1ccccc1/C=C/CN1CCC2(CCCN(CC3CC3)C2)C1. The Bertz CT molecular complexity index is 610. The van der Waals surface area contributed by atoms with Crippen LogP contribution >= 0.6 is 0 Å². The Labute approximate surface area is 152 Å². The first-order chi connectivity index (χ1) is 12.3. The molecule has 3 aliphatic rings. The maximum absolute atomic E-state index is 5.44. The minimum atomic E-state index is 0.575. The van der Waals surface area contributed by atoms with E-state index < -0.39 is 0 Å². The van der Waals surface area contributed by atoms with Crippen LogP contribution in [0.2, 0.25) is 0 Å². The number of likely N-dealkylation sites (tertiary alicyclic amines) is 2. The summed E-state index contributed by atoms with van der Waals surface area (Å²) in [7, 11) is 1.74. The van der Waals surface area contributed by atoms with Crippen LogP contribution in [-0.4, -0.2) is 56.2 Å². The Balaban J connectivity index is 1.30. The van der Waals surface area contributed by atoms with Crippen LogP contribution in [0.25, 0.3) is 6.08 Å². The zero-order chi connectivity index (χ0) is 17.1. The predicted molar refractivity (Wildman–Crippen MR) is 104 cm³/mol. The number of hydrogen-bond donors (Lipinski definition) is 0. The lowest BCUT2D eigenvalue weighted by Gasteiger charge is -2.40. The lowest BCUT2D eigenvalue weighted by Crippen LogP contribution is -2.45. The van der Waals surface area contributed by atoms with Gasteiger partial charge in [0.15, 0.2) is 0 Å². The largest absolute Gasteiger partial charge is 0.496 e. The zero-order valence-electron chi connectivity index (χ0n) is 15.6. The first-order valence-electron chi connectivity index (χ1n) is 10.0. The monoisotopic (exact) mass is 340 g/mol. The normalized spacial score (nSPS) is 28.2. The maximum Gasteiger partial charge on any atom is 0.126 e. The quantitative estimate of drug-likeness (QED) is 0.781. The minimum Gasteiger partial charge on any atom is -0.496 e. The Morgan fingerprint density at radius 3 is 2.80 bits per heavy atom. The molecule has 1 unspecified atom stereocenters. The number of benzene rings is 1. The highest BCUT2D eigenvalue weighted by atomic mass is 16.5. The van der Waals surface area contributed by atoms with Crippen molar-refractivity contribution in [2.75, 3.05) is 46.4 Å². The molecule has 1 saturated carbocycles. The Hall–Kier alpha value is -1.32. The molecule has 2 aliphatic heterocycles. The summed E-state index contributed by atoms with van der Waals surface area (Å²) in [5, 5.41) is 0. The van der Waals surface area contributed by atoms with Gasteiger partial charge < -0.3 is 9.64 Å². The molecule has 3 heteroatoms. The maximum atomic E-state index is 5.44. The average molecular weight is 341 g/mol. The van der Waals surface area contributed by atoms with Crippen molar-refractivity contribution in [3.63, 3.8) is 0 Å². The number of nitrogens with zero attached hydrogens (tertiary/aromatic N) is 2. The number of ether oxygens (including phenoxy) is 1. The molecular weight excluding hydrogens is 308 g/mol. The number of hydrogen-bond acceptors (Lipinski definition) is 3.